The molecule has 0 saturated heterocycles. The van der Waals surface area contributed by atoms with Crippen molar-refractivity contribution < 1.29 is 46.7 Å². The SMILES string of the molecule is COCC(NC(=O)c1cnc(C)s1)C(=O)NC(COC)C(=O)NC(C(C)c1ccccc1)C(O)C(C)(O)COS(=O)(=O)c1ccc(C)cc1. The Balaban J connectivity index is 1.82. The second kappa shape index (κ2) is 17.8. The number of rotatable bonds is 18. The summed E-state index contributed by atoms with van der Waals surface area (Å²) in [5.74, 6) is -2.72. The summed E-state index contributed by atoms with van der Waals surface area (Å²) in [7, 11) is -1.63. The minimum absolute atomic E-state index is 0.130. The molecule has 0 aliphatic carbocycles. The van der Waals surface area contributed by atoms with Gasteiger partial charge < -0.3 is 35.6 Å². The van der Waals surface area contributed by atoms with Crippen LogP contribution in [0.1, 0.15) is 45.6 Å². The Morgan fingerprint density at radius 3 is 2.04 bits per heavy atom. The molecule has 0 radical (unpaired) electrons. The highest BCUT2D eigenvalue weighted by molar-refractivity contribution is 7.86. The smallest absolute Gasteiger partial charge is 0.297 e. The molecule has 3 rings (SSSR count). The summed E-state index contributed by atoms with van der Waals surface area (Å²) in [5.41, 5.74) is -0.672. The van der Waals surface area contributed by atoms with E-state index in [1.165, 1.54) is 39.5 Å². The van der Waals surface area contributed by atoms with Crippen molar-refractivity contribution in [3.05, 3.63) is 81.8 Å². The number of amides is 3. The van der Waals surface area contributed by atoms with Crippen LogP contribution >= 0.6 is 11.3 Å². The molecule has 5 N–H and O–H groups in total. The number of ether oxygens (including phenoxy) is 2. The topological polar surface area (TPSA) is 202 Å². The lowest BCUT2D eigenvalue weighted by Crippen LogP contribution is -2.62. The van der Waals surface area contributed by atoms with Crippen molar-refractivity contribution in [1.29, 1.82) is 0 Å². The maximum atomic E-state index is 13.8. The molecule has 0 aliphatic heterocycles. The van der Waals surface area contributed by atoms with Crippen LogP contribution < -0.4 is 16.0 Å². The van der Waals surface area contributed by atoms with E-state index in [-0.39, 0.29) is 23.0 Å². The van der Waals surface area contributed by atoms with Gasteiger partial charge in [-0.25, -0.2) is 4.98 Å². The van der Waals surface area contributed by atoms with E-state index in [1.807, 2.05) is 0 Å². The van der Waals surface area contributed by atoms with Gasteiger partial charge in [-0.1, -0.05) is 55.0 Å². The van der Waals surface area contributed by atoms with Crippen LogP contribution in [0.4, 0.5) is 0 Å². The lowest BCUT2D eigenvalue weighted by atomic mass is 9.83. The summed E-state index contributed by atoms with van der Waals surface area (Å²) < 4.78 is 41.2. The van der Waals surface area contributed by atoms with Gasteiger partial charge in [0.2, 0.25) is 11.8 Å². The number of hydrogen-bond donors (Lipinski definition) is 5. The number of benzene rings is 2. The third-order valence-corrected chi connectivity index (χ3v) is 9.92. The van der Waals surface area contributed by atoms with Crippen molar-refractivity contribution in [3.63, 3.8) is 0 Å². The molecule has 268 valence electrons. The monoisotopic (exact) mass is 720 g/mol. The van der Waals surface area contributed by atoms with Gasteiger partial charge in [-0.05, 0) is 38.5 Å². The number of carbonyl (C=O) groups is 3. The van der Waals surface area contributed by atoms with Gasteiger partial charge in [0.1, 0.15) is 28.7 Å². The van der Waals surface area contributed by atoms with E-state index in [0.29, 0.717) is 10.6 Å². The van der Waals surface area contributed by atoms with Crippen molar-refractivity contribution in [2.75, 3.05) is 34.0 Å². The van der Waals surface area contributed by atoms with Gasteiger partial charge in [0, 0.05) is 20.1 Å². The van der Waals surface area contributed by atoms with Crippen LogP contribution in [0.3, 0.4) is 0 Å². The minimum Gasteiger partial charge on any atom is -0.388 e. The molecule has 0 spiro atoms. The zero-order chi connectivity index (χ0) is 36.4. The molecule has 49 heavy (non-hydrogen) atoms. The van der Waals surface area contributed by atoms with Crippen LogP contribution in [0.25, 0.3) is 0 Å². The van der Waals surface area contributed by atoms with E-state index in [4.69, 9.17) is 13.7 Å². The largest absolute Gasteiger partial charge is 0.388 e. The Morgan fingerprint density at radius 2 is 1.49 bits per heavy atom. The fourth-order valence-electron chi connectivity index (χ4n) is 4.82. The minimum atomic E-state index is -4.30. The quantitative estimate of drug-likeness (QED) is 0.119. The fourth-order valence-corrected chi connectivity index (χ4v) is 6.50. The highest BCUT2D eigenvalue weighted by atomic mass is 32.2. The van der Waals surface area contributed by atoms with Crippen molar-refractivity contribution in [1.82, 2.24) is 20.9 Å². The zero-order valence-electron chi connectivity index (χ0n) is 28.2. The lowest BCUT2D eigenvalue weighted by molar-refractivity contribution is -0.135. The molecule has 0 fully saturated rings. The number of nitrogens with one attached hydrogen (secondary N) is 3. The standard InChI is InChI=1S/C33H44N4O10S2/c1-20-12-14-24(15-13-20)49(43,44)47-19-33(4,42)29(38)28(21(2)23-10-8-7-9-11-23)37-31(40)26(18-46-6)35-30(39)25(17-45-5)36-32(41)27-16-34-22(3)48-27/h7-16,21,25-26,28-29,38,42H,17-19H2,1-6H3,(H,35,39)(H,36,41)(H,37,40). The maximum Gasteiger partial charge on any atom is 0.297 e. The first-order valence-electron chi connectivity index (χ1n) is 15.3. The first-order valence-corrected chi connectivity index (χ1v) is 17.6. The molecule has 3 aromatic rings. The molecular formula is C33H44N4O10S2. The number of nitrogens with zero attached hydrogens (tertiary/aromatic N) is 1. The zero-order valence-corrected chi connectivity index (χ0v) is 29.8. The molecule has 6 atom stereocenters. The summed E-state index contributed by atoms with van der Waals surface area (Å²) in [4.78, 5) is 44.0. The summed E-state index contributed by atoms with van der Waals surface area (Å²) in [5, 5.41) is 31.4. The first-order chi connectivity index (χ1) is 23.1. The number of carbonyl (C=O) groups excluding carboxylic acids is 3. The molecule has 0 aliphatic rings. The summed E-state index contributed by atoms with van der Waals surface area (Å²) >= 11 is 1.14. The van der Waals surface area contributed by atoms with Gasteiger partial charge in [0.25, 0.3) is 16.0 Å². The molecule has 1 heterocycles. The molecule has 14 nitrogen and oxygen atoms in total. The Labute approximate surface area is 290 Å². The van der Waals surface area contributed by atoms with Gasteiger partial charge >= 0.3 is 0 Å². The predicted molar refractivity (Wildman–Crippen MR) is 182 cm³/mol. The highest BCUT2D eigenvalue weighted by Gasteiger charge is 2.42. The van der Waals surface area contributed by atoms with Gasteiger partial charge in [-0.15, -0.1) is 11.3 Å². The Kier molecular flexibility index (Phi) is 14.4. The van der Waals surface area contributed by atoms with Crippen molar-refractivity contribution in [2.45, 2.75) is 68.3 Å². The van der Waals surface area contributed by atoms with E-state index in [9.17, 15) is 33.0 Å². The molecule has 1 aromatic heterocycles. The number of thiazole rings is 1. The number of aryl methyl sites for hydroxylation is 2. The fraction of sp³-hybridized carbons (Fsp3) is 0.455. The molecule has 16 heteroatoms. The van der Waals surface area contributed by atoms with Gasteiger partial charge in [0.15, 0.2) is 0 Å². The van der Waals surface area contributed by atoms with E-state index in [1.54, 1.807) is 63.2 Å². The Bertz CT molecular complexity index is 1650. The van der Waals surface area contributed by atoms with Crippen LogP contribution in [0, 0.1) is 13.8 Å². The van der Waals surface area contributed by atoms with Crippen molar-refractivity contribution in [3.8, 4) is 0 Å². The van der Waals surface area contributed by atoms with Crippen LogP contribution in [0.5, 0.6) is 0 Å². The predicted octanol–water partition coefficient (Wildman–Crippen LogP) is 1.44. The molecule has 6 unspecified atom stereocenters. The van der Waals surface area contributed by atoms with Gasteiger partial charge in [-0.3, -0.25) is 18.6 Å². The molecule has 3 amide bonds. The molecule has 0 bridgehead atoms. The van der Waals surface area contributed by atoms with E-state index in [0.717, 1.165) is 16.9 Å². The summed E-state index contributed by atoms with van der Waals surface area (Å²) in [6.07, 6.45) is -0.391. The normalized spacial score (nSPS) is 16.0. The third kappa shape index (κ3) is 11.1. The van der Waals surface area contributed by atoms with Gasteiger partial charge in [-0.2, -0.15) is 8.42 Å². The number of methoxy groups -OCH3 is 2. The van der Waals surface area contributed by atoms with E-state index < -0.39 is 70.2 Å². The van der Waals surface area contributed by atoms with E-state index in [2.05, 4.69) is 20.9 Å². The average Bonchev–Trinajstić information content (AvgIpc) is 3.52. The molecule has 2 aromatic carbocycles. The second-order valence-corrected chi connectivity index (χ2v) is 14.7. The Morgan fingerprint density at radius 1 is 0.918 bits per heavy atom. The van der Waals surface area contributed by atoms with Crippen molar-refractivity contribution in [2.24, 2.45) is 0 Å². The second-order valence-electron chi connectivity index (χ2n) is 11.8. The van der Waals surface area contributed by atoms with Crippen LogP contribution in [-0.4, -0.2) is 105 Å². The maximum absolute atomic E-state index is 13.8. The summed E-state index contributed by atoms with van der Waals surface area (Å²) in [6.45, 7) is 5.08. The molecule has 0 saturated carbocycles. The van der Waals surface area contributed by atoms with E-state index >= 15 is 0 Å². The first kappa shape index (κ1) is 39.7. The number of aliphatic hydroxyl groups is 2. The third-order valence-electron chi connectivity index (χ3n) is 7.73. The number of aromatic nitrogens is 1. The van der Waals surface area contributed by atoms with Crippen LogP contribution in [0.15, 0.2) is 65.7 Å². The lowest BCUT2D eigenvalue weighted by Gasteiger charge is -2.38. The average molecular weight is 721 g/mol. The molecular weight excluding hydrogens is 677 g/mol. The number of hydrogen-bond acceptors (Lipinski definition) is 12. The Hall–Kier alpha value is -3.77. The van der Waals surface area contributed by atoms with Crippen LogP contribution in [-0.2, 0) is 33.4 Å². The number of aliphatic hydroxyl groups excluding tert-OH is 1. The van der Waals surface area contributed by atoms with Crippen LogP contribution in [0.2, 0.25) is 0 Å². The summed E-state index contributed by atoms with van der Waals surface area (Å²) in [6, 6.07) is 11.0. The van der Waals surface area contributed by atoms with Gasteiger partial charge in [0.05, 0.1) is 42.0 Å². The highest BCUT2D eigenvalue weighted by Crippen LogP contribution is 2.27. The van der Waals surface area contributed by atoms with Crippen molar-refractivity contribution >= 4 is 39.2 Å².